The number of urea groups is 1. The molecule has 0 saturated carbocycles. The fourth-order valence-corrected chi connectivity index (χ4v) is 3.02. The van der Waals surface area contributed by atoms with Gasteiger partial charge in [0.05, 0.1) is 11.8 Å². The second-order valence-electron chi connectivity index (χ2n) is 6.59. The van der Waals surface area contributed by atoms with Gasteiger partial charge in [-0.1, -0.05) is 0 Å². The van der Waals surface area contributed by atoms with E-state index in [1.807, 2.05) is 5.32 Å². The van der Waals surface area contributed by atoms with Crippen LogP contribution in [0.3, 0.4) is 0 Å². The second-order valence-corrected chi connectivity index (χ2v) is 6.97. The van der Waals surface area contributed by atoms with Gasteiger partial charge < -0.3 is 34.1 Å². The van der Waals surface area contributed by atoms with Crippen molar-refractivity contribution in [2.75, 3.05) is 12.4 Å². The van der Waals surface area contributed by atoms with Crippen molar-refractivity contribution in [3.63, 3.8) is 0 Å². The highest BCUT2D eigenvalue weighted by molar-refractivity contribution is 6.18. The summed E-state index contributed by atoms with van der Waals surface area (Å²) < 4.78 is 25.8. The first-order chi connectivity index (χ1) is 15.4. The minimum atomic E-state index is -2.03. The molecule has 186 valence electrons. The lowest BCUT2D eigenvalue weighted by Gasteiger charge is -2.45. The number of halogens is 1. The quantitative estimate of drug-likeness (QED) is 0.102. The van der Waals surface area contributed by atoms with Crippen LogP contribution in [0.25, 0.3) is 0 Å². The van der Waals surface area contributed by atoms with E-state index in [1.54, 1.807) is 0 Å². The van der Waals surface area contributed by atoms with Gasteiger partial charge in [-0.05, 0) is 0 Å². The van der Waals surface area contributed by atoms with E-state index in [2.05, 4.69) is 5.29 Å². The van der Waals surface area contributed by atoms with E-state index in [0.29, 0.717) is 5.01 Å². The van der Waals surface area contributed by atoms with E-state index >= 15 is 0 Å². The Hall–Kier alpha value is -3.04. The van der Waals surface area contributed by atoms with Gasteiger partial charge in [0.2, 0.25) is 12.4 Å². The summed E-state index contributed by atoms with van der Waals surface area (Å²) in [4.78, 5) is 69.5. The average molecular weight is 498 g/mol. The van der Waals surface area contributed by atoms with E-state index in [0.717, 1.165) is 27.7 Å². The number of amides is 2. The van der Waals surface area contributed by atoms with Crippen LogP contribution < -0.4 is 5.32 Å². The van der Waals surface area contributed by atoms with Gasteiger partial charge >= 0.3 is 29.9 Å². The summed E-state index contributed by atoms with van der Waals surface area (Å²) >= 11 is 5.47. The first kappa shape index (κ1) is 28.0. The molecule has 1 heterocycles. The smallest absolute Gasteiger partial charge is 0.342 e. The zero-order chi connectivity index (χ0) is 25.3. The maximum atomic E-state index is 12.2. The minimum Gasteiger partial charge on any atom is -0.455 e. The van der Waals surface area contributed by atoms with Gasteiger partial charge in [0.25, 0.3) is 0 Å². The number of carbonyl (C=O) groups excluding carboxylic acids is 5. The van der Waals surface area contributed by atoms with E-state index in [-0.39, 0.29) is 12.4 Å². The van der Waals surface area contributed by atoms with Gasteiger partial charge in [-0.3, -0.25) is 19.2 Å². The van der Waals surface area contributed by atoms with Crippen molar-refractivity contribution in [1.82, 2.24) is 10.3 Å². The van der Waals surface area contributed by atoms with Crippen LogP contribution in [-0.2, 0) is 42.9 Å². The van der Waals surface area contributed by atoms with Crippen molar-refractivity contribution in [2.45, 2.75) is 64.6 Å². The van der Waals surface area contributed by atoms with Crippen LogP contribution in [-0.4, -0.2) is 89.4 Å². The third-order valence-electron chi connectivity index (χ3n) is 3.93. The molecule has 2 unspecified atom stereocenters. The van der Waals surface area contributed by atoms with Gasteiger partial charge in [-0.25, -0.2) is 4.79 Å². The summed E-state index contributed by atoms with van der Waals surface area (Å²) in [6.07, 6.45) is -10.4. The number of rotatable bonds is 9. The monoisotopic (exact) mass is 497 g/mol. The van der Waals surface area contributed by atoms with Gasteiger partial charge in [-0.2, -0.15) is 5.01 Å². The van der Waals surface area contributed by atoms with Gasteiger partial charge in [0.15, 0.2) is 18.4 Å². The largest absolute Gasteiger partial charge is 0.455 e. The van der Waals surface area contributed by atoms with Crippen molar-refractivity contribution in [3.8, 4) is 0 Å². The molecule has 0 spiro atoms. The second kappa shape index (κ2) is 12.9. The molecule has 2 N–H and O–H groups in total. The molecule has 0 aromatic rings. The number of nitrogens with one attached hydrogen (secondary N) is 1. The predicted molar refractivity (Wildman–Crippen MR) is 105 cm³/mol. The molecule has 1 aliphatic heterocycles. The summed E-state index contributed by atoms with van der Waals surface area (Å²) in [5.74, 6) is -3.78. The molecule has 1 fully saturated rings. The lowest BCUT2D eigenvalue weighted by Crippen LogP contribution is -2.67. The van der Waals surface area contributed by atoms with Crippen molar-refractivity contribution in [3.05, 3.63) is 4.91 Å². The molecule has 0 aromatic heterocycles. The number of hydrogen-bond acceptors (Lipinski definition) is 13. The third-order valence-corrected chi connectivity index (χ3v) is 4.10. The van der Waals surface area contributed by atoms with Crippen molar-refractivity contribution >= 4 is 41.5 Å². The molecule has 0 radical (unpaired) electrons. The highest BCUT2D eigenvalue weighted by Crippen LogP contribution is 2.31. The maximum absolute atomic E-state index is 12.2. The SMILES string of the molecule is CC(=O)OC1O[C@H](C(O)NC(=O)N(CCCl)N=O)[C@@H](OC(C)=O)[C@H](OC(C)=O)[C@H]1OC(C)=O. The zero-order valence-electron chi connectivity index (χ0n) is 18.1. The van der Waals surface area contributed by atoms with Crippen LogP contribution >= 0.6 is 11.6 Å². The molecule has 2 amide bonds. The summed E-state index contributed by atoms with van der Waals surface area (Å²) in [7, 11) is 0. The van der Waals surface area contributed by atoms with Crippen molar-refractivity contribution in [1.29, 1.82) is 0 Å². The Morgan fingerprint density at radius 2 is 1.42 bits per heavy atom. The molecule has 1 rings (SSSR count). The lowest BCUT2D eigenvalue weighted by molar-refractivity contribution is -0.308. The molecule has 33 heavy (non-hydrogen) atoms. The van der Waals surface area contributed by atoms with Crippen LogP contribution in [0, 0.1) is 4.91 Å². The number of aliphatic hydroxyl groups excluding tert-OH is 1. The highest BCUT2D eigenvalue weighted by atomic mass is 35.5. The number of hydrogen-bond donors (Lipinski definition) is 2. The third kappa shape index (κ3) is 8.43. The topological polar surface area (TPSA) is 196 Å². The molecule has 15 nitrogen and oxygen atoms in total. The van der Waals surface area contributed by atoms with Gasteiger partial charge in [-0.15, -0.1) is 16.5 Å². The standard InChI is InChI=1S/C17H24ClN3O12/c1-7(22)29-11-12(30-8(2)23)14(31-9(3)24)16(32-10(4)25)33-13(11)15(26)19-17(27)21(20-28)6-5-18/h11-16,26H,5-6H2,1-4H3,(H,19,27)/t11-,12-,13-,14+,15?,16?/m0/s1. The molecule has 0 aromatic carbocycles. The zero-order valence-corrected chi connectivity index (χ0v) is 18.8. The molecular weight excluding hydrogens is 474 g/mol. The van der Waals surface area contributed by atoms with Crippen LogP contribution in [0.4, 0.5) is 4.79 Å². The first-order valence-corrected chi connectivity index (χ1v) is 9.94. The molecule has 1 saturated heterocycles. The Labute approximate surface area is 192 Å². The minimum absolute atomic E-state index is 0.154. The lowest BCUT2D eigenvalue weighted by atomic mass is 9.96. The maximum Gasteiger partial charge on any atom is 0.342 e. The molecule has 0 aliphatic carbocycles. The number of ether oxygens (including phenoxy) is 5. The van der Waals surface area contributed by atoms with E-state index in [9.17, 15) is 34.0 Å². The molecule has 0 bridgehead atoms. The fraction of sp³-hybridized carbons (Fsp3) is 0.706. The highest BCUT2D eigenvalue weighted by Gasteiger charge is 2.55. The summed E-state index contributed by atoms with van der Waals surface area (Å²) in [5.41, 5.74) is 0. The fourth-order valence-electron chi connectivity index (χ4n) is 2.86. The molecular formula is C17H24ClN3O12. The van der Waals surface area contributed by atoms with Crippen LogP contribution in [0.1, 0.15) is 27.7 Å². The normalized spacial score (nSPS) is 25.1. The Kier molecular flexibility index (Phi) is 10.9. The van der Waals surface area contributed by atoms with Crippen LogP contribution in [0.5, 0.6) is 0 Å². The van der Waals surface area contributed by atoms with E-state index < -0.39 is 66.8 Å². The average Bonchev–Trinajstić information content (AvgIpc) is 2.68. The van der Waals surface area contributed by atoms with E-state index in [4.69, 9.17) is 35.3 Å². The number of aliphatic hydroxyl groups is 1. The number of esters is 4. The van der Waals surface area contributed by atoms with Crippen molar-refractivity contribution < 1.29 is 52.8 Å². The van der Waals surface area contributed by atoms with Gasteiger partial charge in [0.1, 0.15) is 6.10 Å². The van der Waals surface area contributed by atoms with E-state index in [1.165, 1.54) is 0 Å². The molecule has 1 aliphatic rings. The summed E-state index contributed by atoms with van der Waals surface area (Å²) in [5, 5.41) is 15.4. The molecule has 16 heteroatoms. The summed E-state index contributed by atoms with van der Waals surface area (Å²) in [6.45, 7) is 3.70. The van der Waals surface area contributed by atoms with Crippen LogP contribution in [0.15, 0.2) is 5.29 Å². The number of nitrogens with zero attached hydrogens (tertiary/aromatic N) is 2. The molecule has 6 atom stereocenters. The number of alkyl halides is 1. The van der Waals surface area contributed by atoms with Crippen molar-refractivity contribution in [2.24, 2.45) is 5.29 Å². The first-order valence-electron chi connectivity index (χ1n) is 9.40. The predicted octanol–water partition coefficient (Wildman–Crippen LogP) is -0.680. The van der Waals surface area contributed by atoms with Gasteiger partial charge in [0, 0.05) is 33.6 Å². The number of carbonyl (C=O) groups is 5. The Bertz CT molecular complexity index is 766. The number of nitroso groups, excluding NO2 is 1. The summed E-state index contributed by atoms with van der Waals surface area (Å²) in [6, 6.07) is -1.20. The Balaban J connectivity index is 3.38. The Morgan fingerprint density at radius 1 is 0.939 bits per heavy atom. The van der Waals surface area contributed by atoms with Crippen LogP contribution in [0.2, 0.25) is 0 Å². The Morgan fingerprint density at radius 3 is 1.88 bits per heavy atom.